The standard InChI is InChI=1S/C13H26N2/c1-12(2)9-6-11(12)15-10-13(14)7-4-3-5-8-13/h11,15H,3-10,14H2,1-2H3. The van der Waals surface area contributed by atoms with E-state index in [0.717, 1.165) is 6.54 Å². The molecular weight excluding hydrogens is 184 g/mol. The minimum absolute atomic E-state index is 0.101. The maximum absolute atomic E-state index is 6.41. The third kappa shape index (κ3) is 2.54. The summed E-state index contributed by atoms with van der Waals surface area (Å²) < 4.78 is 0. The van der Waals surface area contributed by atoms with Crippen LogP contribution in [0.3, 0.4) is 0 Å². The van der Waals surface area contributed by atoms with E-state index in [9.17, 15) is 0 Å². The Bertz CT molecular complexity index is 217. The first-order chi connectivity index (χ1) is 7.02. The molecule has 0 amide bonds. The van der Waals surface area contributed by atoms with Crippen LogP contribution in [0.2, 0.25) is 0 Å². The highest BCUT2D eigenvalue weighted by Gasteiger charge is 2.39. The molecule has 0 aromatic rings. The van der Waals surface area contributed by atoms with Crippen LogP contribution in [0.15, 0.2) is 0 Å². The minimum Gasteiger partial charge on any atom is -0.324 e. The molecule has 0 radical (unpaired) electrons. The van der Waals surface area contributed by atoms with E-state index in [4.69, 9.17) is 5.73 Å². The van der Waals surface area contributed by atoms with E-state index in [-0.39, 0.29) is 5.54 Å². The van der Waals surface area contributed by atoms with Crippen molar-refractivity contribution in [1.29, 1.82) is 0 Å². The second-order valence-electron chi connectivity index (χ2n) is 6.38. The average molecular weight is 210 g/mol. The lowest BCUT2D eigenvalue weighted by Crippen LogP contribution is -2.57. The fourth-order valence-electron chi connectivity index (χ4n) is 3.00. The lowest BCUT2D eigenvalue weighted by atomic mass is 9.67. The maximum atomic E-state index is 6.41. The number of hydrogen-bond donors (Lipinski definition) is 2. The fraction of sp³-hybridized carbons (Fsp3) is 1.00. The van der Waals surface area contributed by atoms with Crippen molar-refractivity contribution in [2.45, 2.75) is 70.4 Å². The van der Waals surface area contributed by atoms with Gasteiger partial charge in [-0.25, -0.2) is 0 Å². The molecule has 0 aliphatic heterocycles. The molecule has 2 saturated carbocycles. The molecule has 3 N–H and O–H groups in total. The molecule has 2 aliphatic carbocycles. The van der Waals surface area contributed by atoms with E-state index in [2.05, 4.69) is 19.2 Å². The highest BCUT2D eigenvalue weighted by atomic mass is 15.0. The van der Waals surface area contributed by atoms with Gasteiger partial charge in [0.1, 0.15) is 0 Å². The van der Waals surface area contributed by atoms with Gasteiger partial charge >= 0.3 is 0 Å². The van der Waals surface area contributed by atoms with Crippen LogP contribution in [-0.4, -0.2) is 18.1 Å². The molecule has 0 spiro atoms. The second-order valence-corrected chi connectivity index (χ2v) is 6.38. The third-order valence-electron chi connectivity index (χ3n) is 4.57. The lowest BCUT2D eigenvalue weighted by molar-refractivity contribution is 0.0987. The first kappa shape index (κ1) is 11.4. The van der Waals surface area contributed by atoms with Crippen molar-refractivity contribution in [3.05, 3.63) is 0 Å². The summed E-state index contributed by atoms with van der Waals surface area (Å²) in [6, 6.07) is 0.708. The molecule has 0 heterocycles. The van der Waals surface area contributed by atoms with Crippen molar-refractivity contribution in [1.82, 2.24) is 5.32 Å². The van der Waals surface area contributed by atoms with Gasteiger partial charge in [0.2, 0.25) is 0 Å². The van der Waals surface area contributed by atoms with Crippen molar-refractivity contribution in [2.75, 3.05) is 6.54 Å². The quantitative estimate of drug-likeness (QED) is 0.751. The zero-order chi connectivity index (χ0) is 10.9. The fourth-order valence-corrected chi connectivity index (χ4v) is 3.00. The van der Waals surface area contributed by atoms with Gasteiger partial charge in [0.15, 0.2) is 0 Å². The van der Waals surface area contributed by atoms with Crippen LogP contribution >= 0.6 is 0 Å². The third-order valence-corrected chi connectivity index (χ3v) is 4.57. The smallest absolute Gasteiger partial charge is 0.0280 e. The van der Waals surface area contributed by atoms with E-state index in [1.807, 2.05) is 0 Å². The monoisotopic (exact) mass is 210 g/mol. The molecule has 1 unspecified atom stereocenters. The van der Waals surface area contributed by atoms with Gasteiger partial charge in [-0.1, -0.05) is 33.1 Å². The average Bonchev–Trinajstić information content (AvgIpc) is 2.17. The molecule has 2 heteroatoms. The Hall–Kier alpha value is -0.0800. The van der Waals surface area contributed by atoms with Gasteiger partial charge in [-0.05, 0) is 31.1 Å². The van der Waals surface area contributed by atoms with Crippen LogP contribution in [0.4, 0.5) is 0 Å². The van der Waals surface area contributed by atoms with Crippen molar-refractivity contribution in [3.8, 4) is 0 Å². The van der Waals surface area contributed by atoms with Gasteiger partial charge in [-0.3, -0.25) is 0 Å². The predicted octanol–water partition coefficient (Wildman–Crippen LogP) is 2.43. The normalized spacial score (nSPS) is 33.4. The maximum Gasteiger partial charge on any atom is 0.0280 e. The summed E-state index contributed by atoms with van der Waals surface area (Å²) in [5.74, 6) is 0. The SMILES string of the molecule is CC1(C)CCC1NCC1(N)CCCCC1. The molecule has 2 rings (SSSR count). The van der Waals surface area contributed by atoms with E-state index in [1.165, 1.54) is 44.9 Å². The molecule has 88 valence electrons. The van der Waals surface area contributed by atoms with Crippen LogP contribution in [-0.2, 0) is 0 Å². The first-order valence-corrected chi connectivity index (χ1v) is 6.54. The second kappa shape index (κ2) is 4.06. The zero-order valence-corrected chi connectivity index (χ0v) is 10.3. The summed E-state index contributed by atoms with van der Waals surface area (Å²) in [6.07, 6.45) is 9.16. The van der Waals surface area contributed by atoms with Gasteiger partial charge in [0, 0.05) is 18.1 Å². The topological polar surface area (TPSA) is 38.0 Å². The van der Waals surface area contributed by atoms with Gasteiger partial charge in [-0.15, -0.1) is 0 Å². The summed E-state index contributed by atoms with van der Waals surface area (Å²) >= 11 is 0. The predicted molar refractivity (Wildman–Crippen MR) is 64.8 cm³/mol. The van der Waals surface area contributed by atoms with E-state index in [0.29, 0.717) is 11.5 Å². The molecule has 1 atom stereocenters. The number of rotatable bonds is 3. The Balaban J connectivity index is 1.77. The Morgan fingerprint density at radius 1 is 1.13 bits per heavy atom. The number of nitrogens with two attached hydrogens (primary N) is 1. The molecule has 0 aromatic carbocycles. The molecule has 2 nitrogen and oxygen atoms in total. The largest absolute Gasteiger partial charge is 0.324 e. The van der Waals surface area contributed by atoms with Gasteiger partial charge in [0.05, 0.1) is 0 Å². The van der Waals surface area contributed by atoms with Crippen LogP contribution in [0.1, 0.15) is 58.8 Å². The highest BCUT2D eigenvalue weighted by molar-refractivity contribution is 4.97. The summed E-state index contributed by atoms with van der Waals surface area (Å²) in [4.78, 5) is 0. The van der Waals surface area contributed by atoms with Crippen molar-refractivity contribution in [3.63, 3.8) is 0 Å². The van der Waals surface area contributed by atoms with Gasteiger partial charge in [0.25, 0.3) is 0 Å². The van der Waals surface area contributed by atoms with E-state index < -0.39 is 0 Å². The Kier molecular flexibility index (Phi) is 3.09. The Labute approximate surface area is 94.0 Å². The minimum atomic E-state index is 0.101. The molecular formula is C13H26N2. The lowest BCUT2D eigenvalue weighted by Gasteiger charge is -2.47. The molecule has 2 fully saturated rings. The zero-order valence-electron chi connectivity index (χ0n) is 10.3. The summed E-state index contributed by atoms with van der Waals surface area (Å²) in [5.41, 5.74) is 7.02. The summed E-state index contributed by atoms with van der Waals surface area (Å²) in [6.45, 7) is 5.75. The van der Waals surface area contributed by atoms with Crippen LogP contribution in [0.25, 0.3) is 0 Å². The number of hydrogen-bond acceptors (Lipinski definition) is 2. The van der Waals surface area contributed by atoms with Crippen molar-refractivity contribution < 1.29 is 0 Å². The van der Waals surface area contributed by atoms with E-state index >= 15 is 0 Å². The molecule has 0 bridgehead atoms. The first-order valence-electron chi connectivity index (χ1n) is 6.54. The Morgan fingerprint density at radius 2 is 1.80 bits per heavy atom. The summed E-state index contributed by atoms with van der Waals surface area (Å²) in [7, 11) is 0. The molecule has 2 aliphatic rings. The van der Waals surface area contributed by atoms with Gasteiger partial charge < -0.3 is 11.1 Å². The van der Waals surface area contributed by atoms with Crippen molar-refractivity contribution >= 4 is 0 Å². The summed E-state index contributed by atoms with van der Waals surface area (Å²) in [5, 5.41) is 3.69. The molecule has 0 aromatic heterocycles. The van der Waals surface area contributed by atoms with Crippen LogP contribution in [0.5, 0.6) is 0 Å². The molecule has 0 saturated heterocycles. The van der Waals surface area contributed by atoms with Crippen molar-refractivity contribution in [2.24, 2.45) is 11.1 Å². The molecule has 15 heavy (non-hydrogen) atoms. The highest BCUT2D eigenvalue weighted by Crippen LogP contribution is 2.40. The van der Waals surface area contributed by atoms with Crippen LogP contribution in [0, 0.1) is 5.41 Å². The van der Waals surface area contributed by atoms with Crippen LogP contribution < -0.4 is 11.1 Å². The van der Waals surface area contributed by atoms with E-state index in [1.54, 1.807) is 0 Å². The number of nitrogens with one attached hydrogen (secondary N) is 1. The van der Waals surface area contributed by atoms with Gasteiger partial charge in [-0.2, -0.15) is 0 Å². The Morgan fingerprint density at radius 3 is 2.27 bits per heavy atom.